The van der Waals surface area contributed by atoms with Gasteiger partial charge in [-0.3, -0.25) is 19.3 Å². The first-order chi connectivity index (χ1) is 21.9. The quantitative estimate of drug-likeness (QED) is 0.210. The zero-order valence-corrected chi connectivity index (χ0v) is 27.5. The third-order valence-electron chi connectivity index (χ3n) is 6.84. The van der Waals surface area contributed by atoms with Gasteiger partial charge in [0.05, 0.1) is 17.0 Å². The van der Waals surface area contributed by atoms with Crippen molar-refractivity contribution in [3.05, 3.63) is 71.8 Å². The number of esters is 1. The van der Waals surface area contributed by atoms with Gasteiger partial charge in [0.15, 0.2) is 0 Å². The van der Waals surface area contributed by atoms with E-state index in [0.717, 1.165) is 4.90 Å². The molecular formula is C34H43N5O8. The van der Waals surface area contributed by atoms with Crippen molar-refractivity contribution in [1.29, 1.82) is 0 Å². The summed E-state index contributed by atoms with van der Waals surface area (Å²) in [6.45, 7) is 9.59. The number of benzene rings is 2. The number of nitrogens with zero attached hydrogens (tertiary/aromatic N) is 2. The summed E-state index contributed by atoms with van der Waals surface area (Å²) in [5.74, 6) is -5.76. The van der Waals surface area contributed by atoms with Crippen molar-refractivity contribution in [1.82, 2.24) is 10.3 Å². The molecule has 0 saturated heterocycles. The van der Waals surface area contributed by atoms with Gasteiger partial charge in [-0.15, -0.1) is 0 Å². The van der Waals surface area contributed by atoms with Crippen LogP contribution in [0.4, 0.5) is 10.6 Å². The molecule has 0 fully saturated rings. The van der Waals surface area contributed by atoms with Gasteiger partial charge in [0.25, 0.3) is 11.8 Å². The summed E-state index contributed by atoms with van der Waals surface area (Å²) >= 11 is 0. The molecule has 1 unspecified atom stereocenters. The normalized spacial score (nSPS) is 13.6. The zero-order valence-electron chi connectivity index (χ0n) is 27.5. The topological polar surface area (TPSA) is 204 Å². The van der Waals surface area contributed by atoms with Gasteiger partial charge in [0, 0.05) is 18.4 Å². The Labute approximate surface area is 273 Å². The lowest BCUT2D eigenvalue weighted by Gasteiger charge is -2.34. The summed E-state index contributed by atoms with van der Waals surface area (Å²) < 4.78 is 10.9. The number of fused-ring (bicyclic) bond motifs is 1. The molecule has 0 aliphatic rings. The van der Waals surface area contributed by atoms with Gasteiger partial charge in [0.1, 0.15) is 29.1 Å². The molecule has 3 atom stereocenters. The number of carboxylic acids is 1. The number of pyridine rings is 1. The highest BCUT2D eigenvalue weighted by molar-refractivity contribution is 6.09. The van der Waals surface area contributed by atoms with Crippen LogP contribution in [0.3, 0.4) is 0 Å². The van der Waals surface area contributed by atoms with E-state index >= 15 is 0 Å². The van der Waals surface area contributed by atoms with E-state index in [2.05, 4.69) is 10.3 Å². The highest BCUT2D eigenvalue weighted by Gasteiger charge is 2.41. The monoisotopic (exact) mass is 649 g/mol. The Morgan fingerprint density at radius 2 is 1.51 bits per heavy atom. The predicted molar refractivity (Wildman–Crippen MR) is 175 cm³/mol. The molecule has 3 aromatic rings. The largest absolute Gasteiger partial charge is 0.480 e. The van der Waals surface area contributed by atoms with Crippen LogP contribution in [0.1, 0.15) is 63.9 Å². The van der Waals surface area contributed by atoms with Gasteiger partial charge in [-0.05, 0) is 65.7 Å². The van der Waals surface area contributed by atoms with Gasteiger partial charge in [-0.25, -0.2) is 14.6 Å². The molecule has 47 heavy (non-hydrogen) atoms. The van der Waals surface area contributed by atoms with Crippen LogP contribution in [0.2, 0.25) is 0 Å². The van der Waals surface area contributed by atoms with Crippen LogP contribution in [-0.4, -0.2) is 69.8 Å². The Morgan fingerprint density at radius 1 is 0.915 bits per heavy atom. The number of aromatic nitrogens is 1. The summed E-state index contributed by atoms with van der Waals surface area (Å²) in [4.78, 5) is 72.1. The predicted octanol–water partition coefficient (Wildman–Crippen LogP) is 3.56. The number of aliphatic carboxylic acids is 1. The van der Waals surface area contributed by atoms with Crippen molar-refractivity contribution in [2.45, 2.75) is 77.7 Å². The van der Waals surface area contributed by atoms with E-state index in [1.54, 1.807) is 96.1 Å². The fourth-order valence-corrected chi connectivity index (χ4v) is 4.80. The summed E-state index contributed by atoms with van der Waals surface area (Å²) in [7, 11) is 0. The number of carbonyl (C=O) groups is 5. The fourth-order valence-electron chi connectivity index (χ4n) is 4.80. The van der Waals surface area contributed by atoms with Crippen molar-refractivity contribution in [3.63, 3.8) is 0 Å². The number of nitrogens with one attached hydrogen (secondary N) is 1. The lowest BCUT2D eigenvalue weighted by Crippen LogP contribution is -2.57. The maximum atomic E-state index is 14.7. The molecule has 252 valence electrons. The molecule has 0 spiro atoms. The first-order valence-electron chi connectivity index (χ1n) is 15.1. The number of hydrogen-bond donors (Lipinski definition) is 4. The molecular weight excluding hydrogens is 606 g/mol. The van der Waals surface area contributed by atoms with Crippen molar-refractivity contribution in [3.8, 4) is 0 Å². The Morgan fingerprint density at radius 3 is 2.06 bits per heavy atom. The molecule has 0 saturated carbocycles. The number of rotatable bonds is 12. The molecule has 0 aliphatic carbocycles. The van der Waals surface area contributed by atoms with Gasteiger partial charge in [-0.1, -0.05) is 48.5 Å². The third kappa shape index (κ3) is 10.2. The van der Waals surface area contributed by atoms with E-state index in [1.807, 2.05) is 0 Å². The first-order valence-corrected chi connectivity index (χ1v) is 15.1. The van der Waals surface area contributed by atoms with Gasteiger partial charge in [-0.2, -0.15) is 0 Å². The van der Waals surface area contributed by atoms with Gasteiger partial charge < -0.3 is 31.4 Å². The Hall–Kier alpha value is -5.04. The van der Waals surface area contributed by atoms with E-state index in [-0.39, 0.29) is 24.3 Å². The molecule has 0 radical (unpaired) electrons. The second kappa shape index (κ2) is 15.0. The molecule has 3 rings (SSSR count). The number of carboxylic acid groups (broad SMARTS) is 1. The molecule has 1 aromatic heterocycles. The molecule has 0 aliphatic heterocycles. The number of carbonyl (C=O) groups excluding carboxylic acids is 4. The Kier molecular flexibility index (Phi) is 11.7. The fraction of sp³-hybridized carbons (Fsp3) is 0.412. The number of hydrogen-bond acceptors (Lipinski definition) is 9. The number of primary amides is 1. The molecule has 1 heterocycles. The van der Waals surface area contributed by atoms with Crippen molar-refractivity contribution < 1.29 is 38.6 Å². The van der Waals surface area contributed by atoms with Crippen molar-refractivity contribution in [2.24, 2.45) is 17.4 Å². The smallest absolute Gasteiger partial charge is 0.408 e. The van der Waals surface area contributed by atoms with Crippen LogP contribution in [0, 0.1) is 5.92 Å². The number of alkyl carbamates (subject to hydrolysis) is 1. The number of amides is 3. The summed E-state index contributed by atoms with van der Waals surface area (Å²) in [5.41, 5.74) is 10.6. The minimum absolute atomic E-state index is 0.0897. The molecule has 0 bridgehead atoms. The maximum Gasteiger partial charge on any atom is 0.408 e. The maximum absolute atomic E-state index is 14.7. The van der Waals surface area contributed by atoms with Crippen LogP contribution >= 0.6 is 0 Å². The summed E-state index contributed by atoms with van der Waals surface area (Å²) in [6, 6.07) is 13.6. The van der Waals surface area contributed by atoms with Gasteiger partial charge in [0.2, 0.25) is 0 Å². The zero-order chi connectivity index (χ0) is 35.1. The van der Waals surface area contributed by atoms with E-state index in [4.69, 9.17) is 20.9 Å². The van der Waals surface area contributed by atoms with Crippen LogP contribution in [0.25, 0.3) is 10.9 Å². The minimum Gasteiger partial charge on any atom is -0.480 e. The average Bonchev–Trinajstić information content (AvgIpc) is 2.96. The van der Waals surface area contributed by atoms with Crippen LogP contribution in [-0.2, 0) is 30.3 Å². The number of para-hydroxylation sites is 1. The second-order valence-corrected chi connectivity index (χ2v) is 13.1. The van der Waals surface area contributed by atoms with E-state index < -0.39 is 65.5 Å². The summed E-state index contributed by atoms with van der Waals surface area (Å²) in [5, 5.41) is 13.7. The SMILES string of the molecule is CC(C)(C)OC(=O)N[C@@H](Cc1ccccc1)C(=O)N(c1nc2ccccc2cc1C(N)=O)[C@@H](CC(CN)C(=O)OC(C)(C)C)C(=O)O. The van der Waals surface area contributed by atoms with E-state index in [1.165, 1.54) is 6.07 Å². The highest BCUT2D eigenvalue weighted by atomic mass is 16.6. The molecule has 6 N–H and O–H groups in total. The van der Waals surface area contributed by atoms with E-state index in [9.17, 15) is 29.1 Å². The van der Waals surface area contributed by atoms with E-state index in [0.29, 0.717) is 16.5 Å². The number of anilines is 1. The number of ether oxygens (including phenoxy) is 2. The molecule has 13 heteroatoms. The third-order valence-corrected chi connectivity index (χ3v) is 6.84. The van der Waals surface area contributed by atoms with Crippen molar-refractivity contribution in [2.75, 3.05) is 11.4 Å². The van der Waals surface area contributed by atoms with Crippen LogP contribution in [0.5, 0.6) is 0 Å². The number of nitrogens with two attached hydrogens (primary N) is 2. The Bertz CT molecular complexity index is 1610. The molecule has 2 aromatic carbocycles. The lowest BCUT2D eigenvalue weighted by molar-refractivity contribution is -0.160. The summed E-state index contributed by atoms with van der Waals surface area (Å²) in [6.07, 6.45) is -1.54. The minimum atomic E-state index is -1.81. The first kappa shape index (κ1) is 36.4. The van der Waals surface area contributed by atoms with Crippen LogP contribution in [0.15, 0.2) is 60.7 Å². The standard InChI is InChI=1S/C34H43N5O8/c1-33(2,3)46-31(44)22(19-35)18-26(30(42)43)39(28-23(27(36)40)17-21-14-10-11-15-24(21)37-28)29(41)25(16-20-12-8-7-9-13-20)38-32(45)47-34(4,5)6/h7-15,17,22,25-26H,16,18-19,35H2,1-6H3,(H2,36,40)(H,38,45)(H,42,43)/t22?,25-,26-/m0/s1. The van der Waals surface area contributed by atoms with Gasteiger partial charge >= 0.3 is 18.0 Å². The van der Waals surface area contributed by atoms with Crippen molar-refractivity contribution >= 4 is 46.6 Å². The lowest BCUT2D eigenvalue weighted by atomic mass is 9.96. The molecule has 13 nitrogen and oxygen atoms in total. The Balaban J connectivity index is 2.26. The van der Waals surface area contributed by atoms with Crippen LogP contribution < -0.4 is 21.7 Å². The highest BCUT2D eigenvalue weighted by Crippen LogP contribution is 2.29. The average molecular weight is 650 g/mol. The molecule has 3 amide bonds. The second-order valence-electron chi connectivity index (χ2n) is 13.1.